The van der Waals surface area contributed by atoms with Gasteiger partial charge in [-0.2, -0.15) is 5.10 Å². The summed E-state index contributed by atoms with van der Waals surface area (Å²) < 4.78 is 0.951. The maximum Gasteiger partial charge on any atom is 0.321 e. The van der Waals surface area contributed by atoms with Crippen LogP contribution in [-0.4, -0.2) is 40.1 Å². The Kier molecular flexibility index (Phi) is 4.81. The van der Waals surface area contributed by atoms with Crippen LogP contribution in [0.3, 0.4) is 0 Å². The molecule has 7 nitrogen and oxygen atoms in total. The number of aromatic nitrogens is 2. The van der Waals surface area contributed by atoms with Crippen LogP contribution in [-0.2, 0) is 4.79 Å². The van der Waals surface area contributed by atoms with Crippen molar-refractivity contribution in [2.24, 2.45) is 5.92 Å². The topological polar surface area (TPSA) is 90.1 Å². The van der Waals surface area contributed by atoms with Crippen LogP contribution < -0.4 is 10.6 Å². The van der Waals surface area contributed by atoms with Crippen molar-refractivity contribution >= 4 is 50.1 Å². The van der Waals surface area contributed by atoms with Crippen LogP contribution in [0.15, 0.2) is 53.1 Å². The molecule has 1 aliphatic heterocycles. The number of carbonyl (C=O) groups excluding carboxylic acids is 2. The fourth-order valence-corrected chi connectivity index (χ4v) is 3.42. The second-order valence-corrected chi connectivity index (χ2v) is 7.45. The predicted molar refractivity (Wildman–Crippen MR) is 108 cm³/mol. The van der Waals surface area contributed by atoms with Crippen LogP contribution in [0.2, 0.25) is 0 Å². The number of fused-ring (bicyclic) bond motifs is 1. The van der Waals surface area contributed by atoms with Crippen molar-refractivity contribution in [1.29, 1.82) is 0 Å². The van der Waals surface area contributed by atoms with Crippen molar-refractivity contribution in [2.75, 3.05) is 23.7 Å². The monoisotopic (exact) mass is 427 g/mol. The van der Waals surface area contributed by atoms with Gasteiger partial charge in [0.15, 0.2) is 0 Å². The second-order valence-electron chi connectivity index (χ2n) is 6.53. The summed E-state index contributed by atoms with van der Waals surface area (Å²) >= 11 is 3.37. The molecule has 1 fully saturated rings. The lowest BCUT2D eigenvalue weighted by molar-refractivity contribution is -0.119. The molecule has 1 aromatic heterocycles. The largest absolute Gasteiger partial charge is 0.326 e. The molecule has 138 valence electrons. The molecule has 1 saturated heterocycles. The number of nitrogens with one attached hydrogen (secondary N) is 3. The van der Waals surface area contributed by atoms with Gasteiger partial charge in [-0.15, -0.1) is 0 Å². The minimum atomic E-state index is -0.222. The maximum atomic E-state index is 12.6. The van der Waals surface area contributed by atoms with E-state index in [9.17, 15) is 9.59 Å². The standard InChI is InChI=1S/C19H18BrN5O2/c20-14-1-3-15(4-2-14)23-19(27)25-8-7-12(11-25)18(26)22-16-5-6-17-13(9-16)10-21-24-17/h1-6,9-10,12H,7-8,11H2,(H,21,24)(H,22,26)(H,23,27). The summed E-state index contributed by atoms with van der Waals surface area (Å²) in [6, 6.07) is 12.8. The highest BCUT2D eigenvalue weighted by atomic mass is 79.9. The van der Waals surface area contributed by atoms with Crippen molar-refractivity contribution in [3.8, 4) is 0 Å². The van der Waals surface area contributed by atoms with E-state index in [1.807, 2.05) is 42.5 Å². The molecule has 1 atom stereocenters. The average Bonchev–Trinajstić information content (AvgIpc) is 3.32. The number of nitrogens with zero attached hydrogens (tertiary/aromatic N) is 2. The van der Waals surface area contributed by atoms with E-state index in [2.05, 4.69) is 36.8 Å². The maximum absolute atomic E-state index is 12.6. The summed E-state index contributed by atoms with van der Waals surface area (Å²) in [5.41, 5.74) is 2.38. The predicted octanol–water partition coefficient (Wildman–Crippen LogP) is 3.82. The van der Waals surface area contributed by atoms with Crippen LogP contribution in [0.25, 0.3) is 10.9 Å². The number of hydrogen-bond donors (Lipinski definition) is 3. The van der Waals surface area contributed by atoms with Crippen LogP contribution in [0, 0.1) is 5.92 Å². The zero-order chi connectivity index (χ0) is 18.8. The summed E-state index contributed by atoms with van der Waals surface area (Å²) in [6.07, 6.45) is 2.36. The van der Waals surface area contributed by atoms with Crippen molar-refractivity contribution < 1.29 is 9.59 Å². The van der Waals surface area contributed by atoms with Gasteiger partial charge in [-0.25, -0.2) is 4.79 Å². The van der Waals surface area contributed by atoms with E-state index in [0.29, 0.717) is 19.5 Å². The van der Waals surface area contributed by atoms with Gasteiger partial charge in [-0.3, -0.25) is 9.89 Å². The molecule has 8 heteroatoms. The summed E-state index contributed by atoms with van der Waals surface area (Å²) in [5.74, 6) is -0.294. The first kappa shape index (κ1) is 17.5. The highest BCUT2D eigenvalue weighted by molar-refractivity contribution is 9.10. The zero-order valence-corrected chi connectivity index (χ0v) is 16.0. The van der Waals surface area contributed by atoms with E-state index < -0.39 is 0 Å². The van der Waals surface area contributed by atoms with Crippen molar-refractivity contribution in [2.45, 2.75) is 6.42 Å². The Balaban J connectivity index is 1.34. The van der Waals surface area contributed by atoms with Gasteiger partial charge in [-0.1, -0.05) is 15.9 Å². The summed E-state index contributed by atoms with van der Waals surface area (Å²) in [7, 11) is 0. The molecule has 1 aliphatic rings. The quantitative estimate of drug-likeness (QED) is 0.593. The summed E-state index contributed by atoms with van der Waals surface area (Å²) in [6.45, 7) is 0.962. The Labute approximate surface area is 164 Å². The fourth-order valence-electron chi connectivity index (χ4n) is 3.16. The van der Waals surface area contributed by atoms with E-state index >= 15 is 0 Å². The van der Waals surface area contributed by atoms with Crippen LogP contribution >= 0.6 is 15.9 Å². The van der Waals surface area contributed by atoms with Crippen LogP contribution in [0.1, 0.15) is 6.42 Å². The van der Waals surface area contributed by atoms with Gasteiger partial charge in [0.25, 0.3) is 0 Å². The molecule has 0 saturated carbocycles. The summed E-state index contributed by atoms with van der Waals surface area (Å²) in [4.78, 5) is 26.6. The minimum absolute atomic E-state index is 0.0724. The molecule has 1 unspecified atom stereocenters. The lowest BCUT2D eigenvalue weighted by Crippen LogP contribution is -2.34. The number of anilines is 2. The first-order valence-electron chi connectivity index (χ1n) is 8.64. The van der Waals surface area contributed by atoms with Crippen molar-refractivity contribution in [3.05, 3.63) is 53.1 Å². The SMILES string of the molecule is O=C(Nc1ccc2[nH]ncc2c1)C1CCN(C(=O)Nc2ccc(Br)cc2)C1. The average molecular weight is 428 g/mol. The summed E-state index contributed by atoms with van der Waals surface area (Å²) in [5, 5.41) is 13.6. The van der Waals surface area contributed by atoms with Gasteiger partial charge in [0.05, 0.1) is 17.6 Å². The van der Waals surface area contributed by atoms with Crippen molar-refractivity contribution in [1.82, 2.24) is 15.1 Å². The molecule has 0 radical (unpaired) electrons. The van der Waals surface area contributed by atoms with Gasteiger partial charge in [0, 0.05) is 34.3 Å². The number of carbonyl (C=O) groups is 2. The third-order valence-corrected chi connectivity index (χ3v) is 5.18. The Morgan fingerprint density at radius 1 is 1.11 bits per heavy atom. The Morgan fingerprint density at radius 3 is 2.70 bits per heavy atom. The smallest absolute Gasteiger partial charge is 0.321 e. The number of urea groups is 1. The van der Waals surface area contributed by atoms with Gasteiger partial charge in [0.2, 0.25) is 5.91 Å². The molecule has 3 N–H and O–H groups in total. The number of likely N-dealkylation sites (tertiary alicyclic amines) is 1. The Morgan fingerprint density at radius 2 is 1.89 bits per heavy atom. The fraction of sp³-hybridized carbons (Fsp3) is 0.211. The van der Waals surface area contributed by atoms with Gasteiger partial charge >= 0.3 is 6.03 Å². The molecule has 3 amide bonds. The molecule has 0 spiro atoms. The van der Waals surface area contributed by atoms with Gasteiger partial charge < -0.3 is 15.5 Å². The molecule has 4 rings (SSSR count). The molecule has 3 aromatic rings. The van der Waals surface area contributed by atoms with E-state index in [-0.39, 0.29) is 17.9 Å². The number of H-pyrrole nitrogens is 1. The van der Waals surface area contributed by atoms with Gasteiger partial charge in [-0.05, 0) is 48.9 Å². The first-order chi connectivity index (χ1) is 13.1. The number of halogens is 1. The first-order valence-corrected chi connectivity index (χ1v) is 9.43. The normalized spacial score (nSPS) is 16.5. The molecule has 27 heavy (non-hydrogen) atoms. The highest BCUT2D eigenvalue weighted by Gasteiger charge is 2.31. The molecular formula is C19H18BrN5O2. The molecule has 0 aliphatic carbocycles. The number of amides is 3. The lowest BCUT2D eigenvalue weighted by Gasteiger charge is -2.17. The van der Waals surface area contributed by atoms with Crippen LogP contribution in [0.4, 0.5) is 16.2 Å². The van der Waals surface area contributed by atoms with Gasteiger partial charge in [0.1, 0.15) is 0 Å². The minimum Gasteiger partial charge on any atom is -0.326 e. The van der Waals surface area contributed by atoms with Crippen LogP contribution in [0.5, 0.6) is 0 Å². The third-order valence-electron chi connectivity index (χ3n) is 4.65. The van der Waals surface area contributed by atoms with E-state index in [1.54, 1.807) is 11.1 Å². The number of rotatable bonds is 3. The second kappa shape index (κ2) is 7.40. The zero-order valence-electron chi connectivity index (χ0n) is 14.4. The molecule has 2 heterocycles. The molecular weight excluding hydrogens is 410 g/mol. The number of hydrogen-bond acceptors (Lipinski definition) is 3. The number of benzene rings is 2. The van der Waals surface area contributed by atoms with E-state index in [4.69, 9.17) is 0 Å². The van der Waals surface area contributed by atoms with E-state index in [1.165, 1.54) is 0 Å². The number of aromatic amines is 1. The molecule has 2 aromatic carbocycles. The molecule has 0 bridgehead atoms. The lowest BCUT2D eigenvalue weighted by atomic mass is 10.1. The third kappa shape index (κ3) is 3.95. The highest BCUT2D eigenvalue weighted by Crippen LogP contribution is 2.22. The van der Waals surface area contributed by atoms with E-state index in [0.717, 1.165) is 26.8 Å². The Hall–Kier alpha value is -2.87. The Bertz CT molecular complexity index is 985. The van der Waals surface area contributed by atoms with Crippen molar-refractivity contribution in [3.63, 3.8) is 0 Å².